The fourth-order valence-electron chi connectivity index (χ4n) is 1.69. The Kier molecular flexibility index (Phi) is 3.31. The third-order valence-electron chi connectivity index (χ3n) is 2.92. The number of benzene rings is 1. The zero-order chi connectivity index (χ0) is 12.5. The molecule has 0 amide bonds. The van der Waals surface area contributed by atoms with Crippen molar-refractivity contribution >= 4 is 43.7 Å². The van der Waals surface area contributed by atoms with Crippen molar-refractivity contribution in [3.63, 3.8) is 0 Å². The van der Waals surface area contributed by atoms with Crippen molar-refractivity contribution < 1.29 is 4.92 Å². The van der Waals surface area contributed by atoms with Crippen LogP contribution >= 0.6 is 11.9 Å². The van der Waals surface area contributed by atoms with Crippen molar-refractivity contribution in [1.82, 2.24) is 0 Å². The predicted molar refractivity (Wildman–Crippen MR) is 74.7 cm³/mol. The fraction of sp³-hybridized carbons (Fsp3) is 0.364. The molecule has 0 saturated heterocycles. The first kappa shape index (κ1) is 12.1. The second kappa shape index (κ2) is 4.94. The standard InChI is InChI=1S/C11H12AsN3O2S/c16-15(17)8-3-4-9-10(5-8)18-14-11(13-9)12-6-7-1-2-7/h3-5,7,12H,1-2,6H2,(H,13,14). The molecule has 1 aliphatic heterocycles. The molecule has 1 unspecified atom stereocenters. The molecule has 5 nitrogen and oxygen atoms in total. The Balaban J connectivity index is 1.70. The summed E-state index contributed by atoms with van der Waals surface area (Å²) in [5, 5.41) is 15.3. The summed E-state index contributed by atoms with van der Waals surface area (Å²) in [5.74, 6) is 0.942. The number of nitrogens with zero attached hydrogens (tertiary/aromatic N) is 2. The molecule has 1 heterocycles. The first-order valence-corrected chi connectivity index (χ1v) is 9.07. The van der Waals surface area contributed by atoms with Crippen molar-refractivity contribution in [3.05, 3.63) is 28.3 Å². The molecule has 0 radical (unpaired) electrons. The number of non-ortho nitro benzene ring substituents is 1. The van der Waals surface area contributed by atoms with Crippen molar-refractivity contribution in [1.29, 1.82) is 0 Å². The van der Waals surface area contributed by atoms with E-state index >= 15 is 0 Å². The number of hydrogen-bond donors (Lipinski definition) is 1. The normalized spacial score (nSPS) is 18.3. The Morgan fingerprint density at radius 3 is 3.11 bits per heavy atom. The first-order valence-electron chi connectivity index (χ1n) is 5.77. The van der Waals surface area contributed by atoms with E-state index in [-0.39, 0.29) is 26.4 Å². The average molecular weight is 325 g/mol. The quantitative estimate of drug-likeness (QED) is 0.400. The van der Waals surface area contributed by atoms with Gasteiger partial charge < -0.3 is 0 Å². The minimum absolute atomic E-state index is 0.121. The van der Waals surface area contributed by atoms with Gasteiger partial charge in [-0.05, 0) is 0 Å². The molecular weight excluding hydrogens is 313 g/mol. The van der Waals surface area contributed by atoms with Gasteiger partial charge in [-0.3, -0.25) is 0 Å². The van der Waals surface area contributed by atoms with Gasteiger partial charge in [0, 0.05) is 0 Å². The van der Waals surface area contributed by atoms with Gasteiger partial charge in [0.1, 0.15) is 0 Å². The van der Waals surface area contributed by atoms with E-state index in [2.05, 4.69) is 9.71 Å². The second-order valence-electron chi connectivity index (χ2n) is 4.42. The molecule has 0 spiro atoms. The van der Waals surface area contributed by atoms with Gasteiger partial charge >= 0.3 is 116 Å². The Morgan fingerprint density at radius 2 is 2.39 bits per heavy atom. The maximum atomic E-state index is 10.7. The van der Waals surface area contributed by atoms with Crippen LogP contribution in [0.3, 0.4) is 0 Å². The summed E-state index contributed by atoms with van der Waals surface area (Å²) in [7, 11) is 0. The van der Waals surface area contributed by atoms with Crippen molar-refractivity contribution in [2.24, 2.45) is 10.3 Å². The average Bonchev–Trinajstić information content (AvgIpc) is 3.19. The summed E-state index contributed by atoms with van der Waals surface area (Å²) < 4.78 is 5.53. The summed E-state index contributed by atoms with van der Waals surface area (Å²) in [5.41, 5.74) is 1.07. The van der Waals surface area contributed by atoms with Crippen LogP contribution in [0.5, 0.6) is 0 Å². The van der Waals surface area contributed by atoms with E-state index in [1.165, 1.54) is 36.1 Å². The van der Waals surface area contributed by atoms with Crippen molar-refractivity contribution in [2.45, 2.75) is 22.9 Å². The van der Waals surface area contributed by atoms with E-state index in [1.807, 2.05) is 0 Å². The van der Waals surface area contributed by atoms with Crippen LogP contribution in [-0.2, 0) is 0 Å². The minimum atomic E-state index is -0.374. The van der Waals surface area contributed by atoms with E-state index < -0.39 is 0 Å². The van der Waals surface area contributed by atoms with Crippen LogP contribution in [-0.4, -0.2) is 25.3 Å². The Hall–Kier alpha value is -1.00. The molecule has 1 aromatic carbocycles. The fourth-order valence-corrected chi connectivity index (χ4v) is 5.41. The molecule has 1 saturated carbocycles. The van der Waals surface area contributed by atoms with Crippen LogP contribution in [0.15, 0.2) is 27.5 Å². The van der Waals surface area contributed by atoms with Crippen molar-refractivity contribution in [2.75, 3.05) is 5.32 Å². The molecule has 0 bridgehead atoms. The van der Waals surface area contributed by atoms with Crippen LogP contribution in [0.25, 0.3) is 0 Å². The Bertz CT molecular complexity index is 531. The number of nitrogens with one attached hydrogen (secondary N) is 1. The van der Waals surface area contributed by atoms with E-state index in [9.17, 15) is 10.1 Å². The SMILES string of the molecule is O=[N+]([O-])c1ccc2c(c1)SN=C([AsH]CC1CC1)N2. The Labute approximate surface area is 115 Å². The molecule has 7 heteroatoms. The number of nitro groups is 1. The molecule has 2 aliphatic rings. The molecule has 3 rings (SSSR count). The second-order valence-corrected chi connectivity index (χ2v) is 7.81. The summed E-state index contributed by atoms with van der Waals surface area (Å²) in [6, 6.07) is 4.89. The summed E-state index contributed by atoms with van der Waals surface area (Å²) >= 11 is 1.18. The molecule has 1 aromatic rings. The zero-order valence-electron chi connectivity index (χ0n) is 9.55. The third-order valence-corrected chi connectivity index (χ3v) is 6.91. The first-order chi connectivity index (χ1) is 8.72. The van der Waals surface area contributed by atoms with Gasteiger partial charge in [0.05, 0.1) is 0 Å². The molecule has 94 valence electrons. The maximum absolute atomic E-state index is 10.7. The molecule has 18 heavy (non-hydrogen) atoms. The summed E-state index contributed by atoms with van der Waals surface area (Å²) in [6.07, 6.45) is 2.76. The van der Waals surface area contributed by atoms with Crippen LogP contribution in [0.1, 0.15) is 12.8 Å². The van der Waals surface area contributed by atoms with E-state index in [1.54, 1.807) is 12.1 Å². The van der Waals surface area contributed by atoms with E-state index in [4.69, 9.17) is 0 Å². The van der Waals surface area contributed by atoms with Gasteiger partial charge in [0.2, 0.25) is 0 Å². The molecule has 1 aliphatic carbocycles. The van der Waals surface area contributed by atoms with Gasteiger partial charge in [0.25, 0.3) is 0 Å². The number of hydrogen-bond acceptors (Lipinski definition) is 5. The Morgan fingerprint density at radius 1 is 1.56 bits per heavy atom. The van der Waals surface area contributed by atoms with Crippen LogP contribution in [0.2, 0.25) is 5.21 Å². The zero-order valence-corrected chi connectivity index (χ0v) is 12.5. The van der Waals surface area contributed by atoms with Gasteiger partial charge in [-0.25, -0.2) is 0 Å². The topological polar surface area (TPSA) is 67.5 Å². The van der Waals surface area contributed by atoms with E-state index in [0.717, 1.165) is 21.1 Å². The molecule has 1 N–H and O–H groups in total. The molecule has 1 fully saturated rings. The third kappa shape index (κ3) is 2.70. The van der Waals surface area contributed by atoms with Crippen LogP contribution in [0.4, 0.5) is 11.4 Å². The van der Waals surface area contributed by atoms with Crippen LogP contribution < -0.4 is 5.32 Å². The number of amidine groups is 1. The number of fused-ring (bicyclic) bond motifs is 1. The predicted octanol–water partition coefficient (Wildman–Crippen LogP) is 2.65. The summed E-state index contributed by atoms with van der Waals surface area (Å²) in [4.78, 5) is 11.1. The van der Waals surface area contributed by atoms with E-state index in [0.29, 0.717) is 0 Å². The number of anilines is 1. The van der Waals surface area contributed by atoms with Crippen LogP contribution in [0, 0.1) is 16.0 Å². The number of rotatable bonds is 4. The number of nitro benzene ring substituents is 1. The molecule has 0 aromatic heterocycles. The molecule has 1 atom stereocenters. The summed E-state index contributed by atoms with van der Waals surface area (Å²) in [6.45, 7) is 0. The van der Waals surface area contributed by atoms with Gasteiger partial charge in [-0.1, -0.05) is 0 Å². The van der Waals surface area contributed by atoms with Gasteiger partial charge in [-0.2, -0.15) is 0 Å². The molecular formula is C11H12AsN3O2S. The van der Waals surface area contributed by atoms with Gasteiger partial charge in [0.15, 0.2) is 0 Å². The van der Waals surface area contributed by atoms with Crippen molar-refractivity contribution in [3.8, 4) is 0 Å². The monoisotopic (exact) mass is 325 g/mol. The van der Waals surface area contributed by atoms with Gasteiger partial charge in [-0.15, -0.1) is 0 Å².